The molecule has 2 aromatic carbocycles. The topological polar surface area (TPSA) is 12.5 Å². The highest BCUT2D eigenvalue weighted by molar-refractivity contribution is 5.44. The zero-order valence-corrected chi connectivity index (χ0v) is 14.1. The molecule has 1 atom stereocenters. The molecular weight excluding hydrogens is 282 g/mol. The number of fused-ring (bicyclic) bond motifs is 1. The fourth-order valence-corrected chi connectivity index (χ4v) is 4.40. The highest BCUT2D eigenvalue weighted by Crippen LogP contribution is 2.47. The summed E-state index contributed by atoms with van der Waals surface area (Å²) in [6.45, 7) is 6.36. The largest absolute Gasteiger partial charge is 0.350 e. The van der Waals surface area contributed by atoms with Gasteiger partial charge in [-0.25, -0.2) is 0 Å². The predicted molar refractivity (Wildman–Crippen MR) is 93.4 cm³/mol. The Hall–Kier alpha value is -1.64. The van der Waals surface area contributed by atoms with Crippen LogP contribution in [0.4, 0.5) is 0 Å². The lowest BCUT2D eigenvalue weighted by Gasteiger charge is -2.43. The maximum atomic E-state index is 6.65. The SMILES string of the molecule is Cc1ccccc1C1(c2ccccc2C)OCC2CCCCN21. The molecule has 2 aromatic rings. The molecule has 0 spiro atoms. The number of nitrogens with zero attached hydrogens (tertiary/aromatic N) is 1. The average Bonchev–Trinajstić information content (AvgIpc) is 2.96. The van der Waals surface area contributed by atoms with Crippen molar-refractivity contribution < 1.29 is 4.74 Å². The van der Waals surface area contributed by atoms with Gasteiger partial charge in [0.05, 0.1) is 6.61 Å². The van der Waals surface area contributed by atoms with E-state index in [9.17, 15) is 0 Å². The van der Waals surface area contributed by atoms with E-state index in [-0.39, 0.29) is 0 Å². The van der Waals surface area contributed by atoms with Gasteiger partial charge in [-0.1, -0.05) is 55.0 Å². The van der Waals surface area contributed by atoms with Crippen molar-refractivity contribution >= 4 is 0 Å². The van der Waals surface area contributed by atoms with Crippen molar-refractivity contribution in [1.29, 1.82) is 0 Å². The van der Waals surface area contributed by atoms with Gasteiger partial charge in [0.25, 0.3) is 0 Å². The third-order valence-electron chi connectivity index (χ3n) is 5.54. The van der Waals surface area contributed by atoms with E-state index in [1.807, 2.05) is 0 Å². The fraction of sp³-hybridized carbons (Fsp3) is 0.429. The first-order valence-electron chi connectivity index (χ1n) is 8.76. The van der Waals surface area contributed by atoms with Crippen LogP contribution in [0.1, 0.15) is 41.5 Å². The van der Waals surface area contributed by atoms with E-state index in [0.29, 0.717) is 6.04 Å². The number of ether oxygens (including phenoxy) is 1. The monoisotopic (exact) mass is 307 g/mol. The lowest BCUT2D eigenvalue weighted by atomic mass is 9.85. The van der Waals surface area contributed by atoms with Crippen molar-refractivity contribution in [3.63, 3.8) is 0 Å². The van der Waals surface area contributed by atoms with Gasteiger partial charge in [0.2, 0.25) is 0 Å². The number of aryl methyl sites for hydroxylation is 2. The van der Waals surface area contributed by atoms with Gasteiger partial charge in [-0.3, -0.25) is 4.90 Å². The molecule has 0 bridgehead atoms. The lowest BCUT2D eigenvalue weighted by Crippen LogP contribution is -2.49. The van der Waals surface area contributed by atoms with Crippen LogP contribution >= 0.6 is 0 Å². The summed E-state index contributed by atoms with van der Waals surface area (Å²) in [7, 11) is 0. The molecular formula is C21H25NO. The van der Waals surface area contributed by atoms with Gasteiger partial charge in [-0.05, 0) is 37.8 Å². The quantitative estimate of drug-likeness (QED) is 0.816. The molecule has 2 heterocycles. The Balaban J connectivity index is 1.95. The van der Waals surface area contributed by atoms with E-state index in [1.54, 1.807) is 0 Å². The van der Waals surface area contributed by atoms with Crippen molar-refractivity contribution in [2.24, 2.45) is 0 Å². The Kier molecular flexibility index (Phi) is 3.74. The Morgan fingerprint density at radius 2 is 1.52 bits per heavy atom. The smallest absolute Gasteiger partial charge is 0.174 e. The van der Waals surface area contributed by atoms with Crippen LogP contribution in [0.5, 0.6) is 0 Å². The summed E-state index contributed by atoms with van der Waals surface area (Å²) in [6, 6.07) is 18.0. The maximum Gasteiger partial charge on any atom is 0.174 e. The number of hydrogen-bond acceptors (Lipinski definition) is 2. The van der Waals surface area contributed by atoms with E-state index in [4.69, 9.17) is 4.74 Å². The van der Waals surface area contributed by atoms with Gasteiger partial charge in [-0.15, -0.1) is 0 Å². The molecule has 0 amide bonds. The highest BCUT2D eigenvalue weighted by Gasteiger charge is 2.51. The number of hydrogen-bond donors (Lipinski definition) is 0. The molecule has 23 heavy (non-hydrogen) atoms. The van der Waals surface area contributed by atoms with Crippen LogP contribution in [0, 0.1) is 13.8 Å². The van der Waals surface area contributed by atoms with Gasteiger partial charge < -0.3 is 4.74 Å². The molecule has 1 unspecified atom stereocenters. The van der Waals surface area contributed by atoms with Crippen molar-refractivity contribution in [2.45, 2.75) is 44.9 Å². The number of piperidine rings is 1. The molecule has 0 N–H and O–H groups in total. The second kappa shape index (κ2) is 5.77. The Labute approximate surface area is 139 Å². The van der Waals surface area contributed by atoms with Crippen LogP contribution in [-0.4, -0.2) is 24.1 Å². The zero-order chi connectivity index (χ0) is 15.9. The molecule has 2 saturated heterocycles. The maximum absolute atomic E-state index is 6.65. The molecule has 0 radical (unpaired) electrons. The molecule has 120 valence electrons. The van der Waals surface area contributed by atoms with E-state index in [1.165, 1.54) is 41.5 Å². The van der Waals surface area contributed by atoms with Gasteiger partial charge in [0.15, 0.2) is 5.72 Å². The van der Waals surface area contributed by atoms with E-state index >= 15 is 0 Å². The van der Waals surface area contributed by atoms with Crippen LogP contribution in [0.2, 0.25) is 0 Å². The van der Waals surface area contributed by atoms with E-state index in [0.717, 1.165) is 13.2 Å². The average molecular weight is 307 g/mol. The lowest BCUT2D eigenvalue weighted by molar-refractivity contribution is -0.0613. The molecule has 0 aromatic heterocycles. The third kappa shape index (κ3) is 2.24. The molecule has 2 heteroatoms. The first-order valence-corrected chi connectivity index (χ1v) is 8.76. The normalized spacial score (nSPS) is 23.7. The fourth-order valence-electron chi connectivity index (χ4n) is 4.40. The highest BCUT2D eigenvalue weighted by atomic mass is 16.5. The van der Waals surface area contributed by atoms with Gasteiger partial charge >= 0.3 is 0 Å². The molecule has 2 aliphatic heterocycles. The minimum atomic E-state index is -0.415. The van der Waals surface area contributed by atoms with Gasteiger partial charge in [0, 0.05) is 23.7 Å². The Morgan fingerprint density at radius 1 is 0.913 bits per heavy atom. The minimum absolute atomic E-state index is 0.415. The second-order valence-electron chi connectivity index (χ2n) is 6.93. The standard InChI is InChI=1S/C21H25NO/c1-16-9-3-5-12-19(16)21(20-13-6-4-10-17(20)2)22-14-8-7-11-18(22)15-23-21/h3-6,9-10,12-13,18H,7-8,11,14-15H2,1-2H3. The molecule has 2 fully saturated rings. The van der Waals surface area contributed by atoms with Crippen molar-refractivity contribution in [2.75, 3.05) is 13.2 Å². The first-order chi connectivity index (χ1) is 11.2. The summed E-state index contributed by atoms with van der Waals surface area (Å²) in [5, 5.41) is 0. The van der Waals surface area contributed by atoms with Crippen LogP contribution in [0.25, 0.3) is 0 Å². The number of rotatable bonds is 2. The summed E-state index contributed by atoms with van der Waals surface area (Å²) in [5.74, 6) is 0. The summed E-state index contributed by atoms with van der Waals surface area (Å²) < 4.78 is 6.65. The number of benzene rings is 2. The van der Waals surface area contributed by atoms with Crippen molar-refractivity contribution in [3.8, 4) is 0 Å². The summed E-state index contributed by atoms with van der Waals surface area (Å²) in [6.07, 6.45) is 3.83. The van der Waals surface area contributed by atoms with E-state index in [2.05, 4.69) is 67.3 Å². The second-order valence-corrected chi connectivity index (χ2v) is 6.93. The third-order valence-corrected chi connectivity index (χ3v) is 5.54. The van der Waals surface area contributed by atoms with Gasteiger partial charge in [-0.2, -0.15) is 0 Å². The molecule has 0 aliphatic carbocycles. The van der Waals surface area contributed by atoms with Crippen LogP contribution in [0.15, 0.2) is 48.5 Å². The summed E-state index contributed by atoms with van der Waals surface area (Å²) in [4.78, 5) is 2.63. The molecule has 4 rings (SSSR count). The van der Waals surface area contributed by atoms with Gasteiger partial charge in [0.1, 0.15) is 0 Å². The van der Waals surface area contributed by atoms with E-state index < -0.39 is 5.72 Å². The Bertz CT molecular complexity index is 663. The first kappa shape index (κ1) is 14.9. The van der Waals surface area contributed by atoms with Crippen LogP contribution in [-0.2, 0) is 10.5 Å². The van der Waals surface area contributed by atoms with Crippen LogP contribution < -0.4 is 0 Å². The zero-order valence-electron chi connectivity index (χ0n) is 14.1. The minimum Gasteiger partial charge on any atom is -0.350 e. The molecule has 2 nitrogen and oxygen atoms in total. The Morgan fingerprint density at radius 3 is 2.13 bits per heavy atom. The van der Waals surface area contributed by atoms with Crippen molar-refractivity contribution in [3.05, 3.63) is 70.8 Å². The summed E-state index contributed by atoms with van der Waals surface area (Å²) in [5.41, 5.74) is 4.81. The van der Waals surface area contributed by atoms with Crippen molar-refractivity contribution in [1.82, 2.24) is 4.90 Å². The summed E-state index contributed by atoms with van der Waals surface area (Å²) >= 11 is 0. The predicted octanol–water partition coefficient (Wildman–Crippen LogP) is 4.39. The van der Waals surface area contributed by atoms with Crippen LogP contribution in [0.3, 0.4) is 0 Å². The molecule has 2 aliphatic rings. The molecule has 0 saturated carbocycles.